The standard InChI is InChI=1S/C20H18N4O.C19H15ClN4O.C19H15ClN4.3C19H16N4/c1-14-8-9-16(11-19(14)25-2)13-22-20-17(12-21)18(23-24-20)10-15-6-4-3-5-7-15;1-25-18-8-3-2-6-14(18)12-22-19-16(11-21)17(23-24-19)10-13-5-4-7-15(20)9-13;1-13-5-7-14(8-6-13)12-22-19-17(11-21)18(23-24-19)10-15-3-2-4-16(20)9-15;3*1-14-7-9-16(10-8-14)13-21-19-17(12-20)18(22-23-19)11-15-5-3-2-4-6-15/h3-9,11,13H,10H2,1-2H3,(H,23,24);2-9,12H,10H2,1H3,(H,23,24);2-9,12H,10H2,1H3,(H,23,24);3*2-10,13H,11H2,1H3,(H,22,23). The second-order valence-corrected chi connectivity index (χ2v) is 33.4. The number of ether oxygens (including phenoxy) is 2. The lowest BCUT2D eigenvalue weighted by molar-refractivity contribution is 0.411. The van der Waals surface area contributed by atoms with Crippen molar-refractivity contribution in [3.05, 3.63) is 482 Å². The van der Waals surface area contributed by atoms with Gasteiger partial charge in [-0.3, -0.25) is 30.6 Å². The molecule has 0 unspecified atom stereocenters. The van der Waals surface area contributed by atoms with Gasteiger partial charge in [0.2, 0.25) is 0 Å². The van der Waals surface area contributed by atoms with E-state index in [-0.39, 0.29) is 0 Å². The third kappa shape index (κ3) is 30.0. The summed E-state index contributed by atoms with van der Waals surface area (Å²) in [5.74, 6) is 3.95. The van der Waals surface area contributed by atoms with Crippen LogP contribution in [-0.4, -0.2) is 113 Å². The number of aromatic amines is 6. The predicted molar refractivity (Wildman–Crippen MR) is 564 cm³/mol. The summed E-state index contributed by atoms with van der Waals surface area (Å²) in [6, 6.07) is 113. The van der Waals surface area contributed by atoms with Crippen LogP contribution >= 0.6 is 23.2 Å². The molecule has 12 aromatic carbocycles. The van der Waals surface area contributed by atoms with Gasteiger partial charge in [-0.15, -0.1) is 0 Å². The van der Waals surface area contributed by atoms with Gasteiger partial charge in [0.1, 0.15) is 81.3 Å². The molecule has 0 saturated heterocycles. The molecular formula is C115H96Cl2N24O2. The molecule has 0 aliphatic rings. The van der Waals surface area contributed by atoms with E-state index in [2.05, 4.69) is 128 Å². The average molecular weight is 1920 g/mol. The summed E-state index contributed by atoms with van der Waals surface area (Å²) in [4.78, 5) is 26.1. The van der Waals surface area contributed by atoms with Crippen LogP contribution in [0.4, 0.5) is 34.9 Å². The van der Waals surface area contributed by atoms with E-state index in [0.29, 0.717) is 128 Å². The van der Waals surface area contributed by atoms with Crippen LogP contribution in [0, 0.1) is 103 Å². The number of para-hydroxylation sites is 1. The van der Waals surface area contributed by atoms with Crippen molar-refractivity contribution < 1.29 is 9.47 Å². The van der Waals surface area contributed by atoms with Crippen molar-refractivity contribution in [2.45, 2.75) is 73.1 Å². The molecule has 0 fully saturated rings. The second kappa shape index (κ2) is 52.4. The zero-order valence-corrected chi connectivity index (χ0v) is 80.8. The Bertz CT molecular complexity index is 7390. The minimum Gasteiger partial charge on any atom is -0.496 e. The van der Waals surface area contributed by atoms with Crippen LogP contribution in [0.5, 0.6) is 11.5 Å². The number of halogens is 2. The highest BCUT2D eigenvalue weighted by Gasteiger charge is 2.20. The normalized spacial score (nSPS) is 10.8. The van der Waals surface area contributed by atoms with E-state index in [1.807, 2.05) is 344 Å². The van der Waals surface area contributed by atoms with Crippen molar-refractivity contribution in [3.8, 4) is 47.9 Å². The first-order valence-electron chi connectivity index (χ1n) is 45.1. The first-order chi connectivity index (χ1) is 69.8. The lowest BCUT2D eigenvalue weighted by Crippen LogP contribution is -1.91. The largest absolute Gasteiger partial charge is 0.496 e. The highest BCUT2D eigenvalue weighted by atomic mass is 35.5. The summed E-state index contributed by atoms with van der Waals surface area (Å²) in [5.41, 5.74) is 25.3. The van der Waals surface area contributed by atoms with Gasteiger partial charge in [0.15, 0.2) is 34.9 Å². The van der Waals surface area contributed by atoms with Crippen molar-refractivity contribution in [2.75, 3.05) is 14.2 Å². The Labute approximate surface area is 838 Å². The third-order valence-corrected chi connectivity index (χ3v) is 22.4. The highest BCUT2D eigenvalue weighted by molar-refractivity contribution is 6.31. The molecule has 0 atom stereocenters. The van der Waals surface area contributed by atoms with Gasteiger partial charge in [-0.1, -0.05) is 312 Å². The van der Waals surface area contributed by atoms with Gasteiger partial charge >= 0.3 is 0 Å². The number of nitrogens with one attached hydrogen (secondary N) is 6. The Morgan fingerprint density at radius 2 is 0.483 bits per heavy atom. The average Bonchev–Trinajstić information content (AvgIpc) is 1.72. The van der Waals surface area contributed by atoms with E-state index in [0.717, 1.165) is 107 Å². The predicted octanol–water partition coefficient (Wildman–Crippen LogP) is 24.6. The van der Waals surface area contributed by atoms with Crippen LogP contribution in [0.2, 0.25) is 10.0 Å². The van der Waals surface area contributed by atoms with E-state index >= 15 is 0 Å². The van der Waals surface area contributed by atoms with E-state index in [4.69, 9.17) is 32.7 Å². The van der Waals surface area contributed by atoms with E-state index in [9.17, 15) is 31.6 Å². The maximum absolute atomic E-state index is 9.48. The first-order valence-corrected chi connectivity index (χ1v) is 45.9. The summed E-state index contributed by atoms with van der Waals surface area (Å²) in [7, 11) is 3.24. The Kier molecular flexibility index (Phi) is 37.2. The summed E-state index contributed by atoms with van der Waals surface area (Å²) in [6.45, 7) is 10.1. The number of aliphatic imine (C=N–C) groups is 6. The summed E-state index contributed by atoms with van der Waals surface area (Å²) >= 11 is 12.0. The Hall–Kier alpha value is -19.0. The number of benzene rings is 12. The molecule has 0 saturated carbocycles. The van der Waals surface area contributed by atoms with Gasteiger partial charge < -0.3 is 9.47 Å². The number of hydrogen-bond acceptors (Lipinski definition) is 20. The fourth-order valence-electron chi connectivity index (χ4n) is 14.2. The Morgan fingerprint density at radius 1 is 0.252 bits per heavy atom. The van der Waals surface area contributed by atoms with Crippen molar-refractivity contribution in [1.29, 1.82) is 31.6 Å². The molecule has 0 aliphatic carbocycles. The monoisotopic (exact) mass is 1910 g/mol. The van der Waals surface area contributed by atoms with Gasteiger partial charge in [0.25, 0.3) is 0 Å². The maximum Gasteiger partial charge on any atom is 0.191 e. The lowest BCUT2D eigenvalue weighted by atomic mass is 10.1. The number of aryl methyl sites for hydroxylation is 5. The van der Waals surface area contributed by atoms with Crippen LogP contribution in [0.1, 0.15) is 162 Å². The minimum absolute atomic E-state index is 0.352. The van der Waals surface area contributed by atoms with Crippen LogP contribution in [0.15, 0.2) is 339 Å². The molecule has 6 heterocycles. The van der Waals surface area contributed by atoms with Crippen molar-refractivity contribution in [2.24, 2.45) is 30.0 Å². The van der Waals surface area contributed by atoms with E-state index < -0.39 is 0 Å². The molecule has 6 N–H and O–H groups in total. The lowest BCUT2D eigenvalue weighted by Gasteiger charge is -2.04. The van der Waals surface area contributed by atoms with Crippen LogP contribution in [0.25, 0.3) is 0 Å². The summed E-state index contributed by atoms with van der Waals surface area (Å²) in [5, 5.41) is 101. The molecule has 18 aromatic rings. The number of aromatic nitrogens is 12. The zero-order valence-electron chi connectivity index (χ0n) is 79.3. The molecule has 28 heteroatoms. The number of rotatable bonds is 26. The molecule has 0 radical (unpaired) electrons. The van der Waals surface area contributed by atoms with Gasteiger partial charge in [-0.25, -0.2) is 30.0 Å². The molecule has 0 aliphatic heterocycles. The SMILES string of the molecule is COc1cc(C=Nc2n[nH]c(Cc3ccccc3)c2C#N)ccc1C.COc1ccccc1C=Nc1n[nH]c(Cc2cccc(Cl)c2)c1C#N.Cc1ccc(C=Nc2n[nH]c(Cc3cccc(Cl)c3)c2C#N)cc1.Cc1ccc(C=Nc2n[nH]c(Cc3ccccc3)c2C#N)cc1.Cc1ccc(C=Nc2n[nH]c(Cc3ccccc3)c2C#N)cc1.Cc1ccc(C=Nc2n[nH]c(Cc3ccccc3)c2C#N)cc1. The number of nitriles is 6. The Balaban J connectivity index is 0.000000144. The van der Waals surface area contributed by atoms with Gasteiger partial charge in [0, 0.05) is 91.4 Å². The third-order valence-electron chi connectivity index (χ3n) is 21.9. The maximum atomic E-state index is 9.48. The van der Waals surface area contributed by atoms with Crippen molar-refractivity contribution in [3.63, 3.8) is 0 Å². The summed E-state index contributed by atoms with van der Waals surface area (Å²) in [6.07, 6.45) is 13.8. The number of hydrogen-bond donors (Lipinski definition) is 6. The zero-order chi connectivity index (χ0) is 100. The van der Waals surface area contributed by atoms with Crippen LogP contribution in [-0.2, 0) is 38.5 Å². The number of methoxy groups -OCH3 is 2. The molecule has 143 heavy (non-hydrogen) atoms. The molecule has 6 aromatic heterocycles. The van der Waals surface area contributed by atoms with Crippen molar-refractivity contribution in [1.82, 2.24) is 61.2 Å². The first kappa shape index (κ1) is 101. The quantitative estimate of drug-likeness (QED) is 0.0275. The molecule has 26 nitrogen and oxygen atoms in total. The molecular weight excluding hydrogens is 1820 g/mol. The Morgan fingerprint density at radius 3 is 0.741 bits per heavy atom. The molecule has 0 bridgehead atoms. The number of nitrogens with zero attached hydrogens (tertiary/aromatic N) is 18. The highest BCUT2D eigenvalue weighted by Crippen LogP contribution is 2.31. The molecule has 18 rings (SSSR count). The van der Waals surface area contributed by atoms with E-state index in [1.54, 1.807) is 51.5 Å². The topological polar surface area (TPSA) is 407 Å². The van der Waals surface area contributed by atoms with Gasteiger partial charge in [-0.2, -0.15) is 62.2 Å². The fourth-order valence-corrected chi connectivity index (χ4v) is 14.7. The fraction of sp³-hybridized carbons (Fsp3) is 0.113. The van der Waals surface area contributed by atoms with Gasteiger partial charge in [-0.05, 0) is 144 Å². The van der Waals surface area contributed by atoms with Crippen LogP contribution < -0.4 is 9.47 Å². The number of H-pyrrole nitrogens is 6. The smallest absolute Gasteiger partial charge is 0.191 e. The molecule has 0 amide bonds. The van der Waals surface area contributed by atoms with E-state index in [1.165, 1.54) is 22.3 Å². The molecule has 702 valence electrons. The minimum atomic E-state index is 0.352. The summed E-state index contributed by atoms with van der Waals surface area (Å²) < 4.78 is 10.6. The van der Waals surface area contributed by atoms with Crippen LogP contribution in [0.3, 0.4) is 0 Å². The van der Waals surface area contributed by atoms with Gasteiger partial charge in [0.05, 0.1) is 48.4 Å². The van der Waals surface area contributed by atoms with Crippen molar-refractivity contribution >= 4 is 95.4 Å². The second-order valence-electron chi connectivity index (χ2n) is 32.5. The molecule has 0 spiro atoms.